The van der Waals surface area contributed by atoms with Crippen molar-refractivity contribution in [2.75, 3.05) is 18.6 Å². The summed E-state index contributed by atoms with van der Waals surface area (Å²) in [6.45, 7) is 5.99. The molecule has 1 saturated heterocycles. The third-order valence-corrected chi connectivity index (χ3v) is 3.15. The second kappa shape index (κ2) is 6.21. The quantitative estimate of drug-likeness (QED) is 0.919. The van der Waals surface area contributed by atoms with Crippen LogP contribution < -0.4 is 15.0 Å². The number of hydrogen-bond donors (Lipinski definition) is 1. The van der Waals surface area contributed by atoms with Gasteiger partial charge in [0.25, 0.3) is 5.91 Å². The molecule has 1 aliphatic heterocycles. The number of carbonyl (C=O) groups excluding carboxylic acids is 2. The Kier molecular flexibility index (Phi) is 4.54. The summed E-state index contributed by atoms with van der Waals surface area (Å²) in [7, 11) is 1.53. The van der Waals surface area contributed by atoms with E-state index in [1.165, 1.54) is 12.0 Å². The topological polar surface area (TPSA) is 80.8 Å². The zero-order chi connectivity index (χ0) is 16.3. The first kappa shape index (κ1) is 16.1. The Morgan fingerprint density at radius 2 is 2.18 bits per heavy atom. The number of pyridine rings is 1. The van der Waals surface area contributed by atoms with Crippen LogP contribution in [0, 0.1) is 0 Å². The maximum Gasteiger partial charge on any atom is 0.408 e. The number of amides is 2. The molecule has 2 heterocycles. The van der Waals surface area contributed by atoms with Crippen LogP contribution in [-0.2, 0) is 9.53 Å². The molecular formula is C15H21N3O4. The molecule has 0 spiro atoms. The van der Waals surface area contributed by atoms with E-state index in [9.17, 15) is 9.59 Å². The van der Waals surface area contributed by atoms with E-state index in [1.54, 1.807) is 18.5 Å². The van der Waals surface area contributed by atoms with E-state index in [4.69, 9.17) is 9.47 Å². The first-order valence-corrected chi connectivity index (χ1v) is 7.10. The van der Waals surface area contributed by atoms with Crippen LogP contribution in [-0.4, -0.2) is 42.3 Å². The minimum atomic E-state index is -0.785. The minimum Gasteiger partial charge on any atom is -0.494 e. The Morgan fingerprint density at radius 3 is 2.82 bits per heavy atom. The molecule has 0 saturated carbocycles. The van der Waals surface area contributed by atoms with Gasteiger partial charge in [-0.2, -0.15) is 0 Å². The summed E-state index contributed by atoms with van der Waals surface area (Å²) < 4.78 is 10.5. The monoisotopic (exact) mass is 307 g/mol. The number of anilines is 1. The van der Waals surface area contributed by atoms with E-state index in [0.717, 1.165) is 0 Å². The van der Waals surface area contributed by atoms with Crippen molar-refractivity contribution in [2.24, 2.45) is 0 Å². The van der Waals surface area contributed by atoms with Crippen LogP contribution in [0.5, 0.6) is 5.75 Å². The van der Waals surface area contributed by atoms with E-state index < -0.39 is 17.7 Å². The number of aromatic nitrogens is 1. The molecule has 0 aromatic carbocycles. The fourth-order valence-electron chi connectivity index (χ4n) is 2.22. The van der Waals surface area contributed by atoms with E-state index in [1.807, 2.05) is 20.8 Å². The lowest BCUT2D eigenvalue weighted by atomic mass is 10.1. The predicted molar refractivity (Wildman–Crippen MR) is 80.9 cm³/mol. The Balaban J connectivity index is 2.05. The van der Waals surface area contributed by atoms with Gasteiger partial charge >= 0.3 is 6.09 Å². The summed E-state index contributed by atoms with van der Waals surface area (Å²) in [5, 5.41) is 2.67. The van der Waals surface area contributed by atoms with Gasteiger partial charge in [0.05, 0.1) is 13.3 Å². The number of methoxy groups -OCH3 is 1. The normalized spacial score (nSPS) is 18.3. The number of nitrogens with one attached hydrogen (secondary N) is 1. The number of rotatable bonds is 3. The lowest BCUT2D eigenvalue weighted by molar-refractivity contribution is -0.124. The van der Waals surface area contributed by atoms with Crippen LogP contribution in [0.3, 0.4) is 0 Å². The van der Waals surface area contributed by atoms with Crippen LogP contribution in [0.2, 0.25) is 0 Å². The second-order valence-corrected chi connectivity index (χ2v) is 6.10. The summed E-state index contributed by atoms with van der Waals surface area (Å²) >= 11 is 0. The van der Waals surface area contributed by atoms with Gasteiger partial charge < -0.3 is 19.7 Å². The van der Waals surface area contributed by atoms with Crippen LogP contribution >= 0.6 is 0 Å². The van der Waals surface area contributed by atoms with Crippen LogP contribution in [0.1, 0.15) is 27.2 Å². The molecule has 2 rings (SSSR count). The first-order valence-electron chi connectivity index (χ1n) is 7.10. The Bertz CT molecular complexity index is 568. The molecule has 1 aromatic heterocycles. The number of carbonyl (C=O) groups is 2. The fraction of sp³-hybridized carbons (Fsp3) is 0.533. The highest BCUT2D eigenvalue weighted by atomic mass is 16.6. The van der Waals surface area contributed by atoms with Crippen molar-refractivity contribution in [1.29, 1.82) is 0 Å². The molecule has 7 nitrogen and oxygen atoms in total. The maximum absolute atomic E-state index is 12.4. The summed E-state index contributed by atoms with van der Waals surface area (Å²) in [5.74, 6) is 0.290. The standard InChI is InChI=1S/C15H21N3O4/c1-15(2,3)17-14(20)22-12-6-8-18(13(12)19)10-9-16-7-5-11(10)21-4/h5,7,9,12H,6,8H2,1-4H3,(H,17,20). The average molecular weight is 307 g/mol. The number of nitrogens with zero attached hydrogens (tertiary/aromatic N) is 2. The Labute approximate surface area is 129 Å². The molecule has 120 valence electrons. The highest BCUT2D eigenvalue weighted by Gasteiger charge is 2.37. The van der Waals surface area contributed by atoms with E-state index in [-0.39, 0.29) is 5.91 Å². The molecule has 1 aromatic rings. The fourth-order valence-corrected chi connectivity index (χ4v) is 2.22. The van der Waals surface area contributed by atoms with Gasteiger partial charge in [0.1, 0.15) is 11.4 Å². The van der Waals surface area contributed by atoms with Gasteiger partial charge in [0, 0.05) is 30.8 Å². The molecule has 1 N–H and O–H groups in total. The minimum absolute atomic E-state index is 0.268. The van der Waals surface area contributed by atoms with Gasteiger partial charge in [-0.1, -0.05) is 0 Å². The first-order chi connectivity index (χ1) is 10.3. The largest absolute Gasteiger partial charge is 0.494 e. The van der Waals surface area contributed by atoms with Gasteiger partial charge in [0.15, 0.2) is 6.10 Å². The highest BCUT2D eigenvalue weighted by Crippen LogP contribution is 2.30. The molecular weight excluding hydrogens is 286 g/mol. The Hall–Kier alpha value is -2.31. The zero-order valence-corrected chi connectivity index (χ0v) is 13.3. The molecule has 1 atom stereocenters. The van der Waals surface area contributed by atoms with Gasteiger partial charge in [-0.25, -0.2) is 4.79 Å². The number of hydrogen-bond acceptors (Lipinski definition) is 5. The zero-order valence-electron chi connectivity index (χ0n) is 13.3. The molecule has 0 bridgehead atoms. The van der Waals surface area contributed by atoms with Gasteiger partial charge in [-0.3, -0.25) is 9.78 Å². The van der Waals surface area contributed by atoms with Crippen molar-refractivity contribution in [3.8, 4) is 5.75 Å². The van der Waals surface area contributed by atoms with E-state index in [2.05, 4.69) is 10.3 Å². The number of alkyl carbamates (subject to hydrolysis) is 1. The summed E-state index contributed by atoms with van der Waals surface area (Å²) in [5.41, 5.74) is 0.169. The molecule has 0 radical (unpaired) electrons. The molecule has 22 heavy (non-hydrogen) atoms. The van der Waals surface area contributed by atoms with Gasteiger partial charge in [0.2, 0.25) is 0 Å². The lowest BCUT2D eigenvalue weighted by Gasteiger charge is -2.22. The molecule has 1 unspecified atom stereocenters. The van der Waals surface area contributed by atoms with Crippen LogP contribution in [0.25, 0.3) is 0 Å². The predicted octanol–water partition coefficient (Wildman–Crippen LogP) is 1.72. The molecule has 2 amide bonds. The van der Waals surface area contributed by atoms with Crippen molar-refractivity contribution < 1.29 is 19.1 Å². The number of ether oxygens (including phenoxy) is 2. The maximum atomic E-state index is 12.4. The van der Waals surface area contributed by atoms with E-state index >= 15 is 0 Å². The summed E-state index contributed by atoms with van der Waals surface area (Å²) in [6.07, 6.45) is 2.22. The SMILES string of the molecule is COc1ccncc1N1CCC(OC(=O)NC(C)(C)C)C1=O. The smallest absolute Gasteiger partial charge is 0.408 e. The summed E-state index contributed by atoms with van der Waals surface area (Å²) in [4.78, 5) is 29.7. The van der Waals surface area contributed by atoms with Crippen LogP contribution in [0.4, 0.5) is 10.5 Å². The average Bonchev–Trinajstić information content (AvgIpc) is 2.78. The summed E-state index contributed by atoms with van der Waals surface area (Å²) in [6, 6.07) is 1.68. The lowest BCUT2D eigenvalue weighted by Crippen LogP contribution is -2.43. The third kappa shape index (κ3) is 3.66. The molecule has 1 aliphatic rings. The van der Waals surface area contributed by atoms with Gasteiger partial charge in [-0.05, 0) is 20.8 Å². The molecule has 0 aliphatic carbocycles. The van der Waals surface area contributed by atoms with Crippen molar-refractivity contribution in [3.05, 3.63) is 18.5 Å². The van der Waals surface area contributed by atoms with Crippen molar-refractivity contribution in [3.63, 3.8) is 0 Å². The van der Waals surface area contributed by atoms with Gasteiger partial charge in [-0.15, -0.1) is 0 Å². The van der Waals surface area contributed by atoms with Crippen molar-refractivity contribution in [2.45, 2.75) is 38.8 Å². The van der Waals surface area contributed by atoms with Crippen molar-refractivity contribution >= 4 is 17.7 Å². The van der Waals surface area contributed by atoms with Crippen molar-refractivity contribution in [1.82, 2.24) is 10.3 Å². The van der Waals surface area contributed by atoms with Crippen LogP contribution in [0.15, 0.2) is 18.5 Å². The third-order valence-electron chi connectivity index (χ3n) is 3.15. The Morgan fingerprint density at radius 1 is 1.45 bits per heavy atom. The highest BCUT2D eigenvalue weighted by molar-refractivity contribution is 6.00. The second-order valence-electron chi connectivity index (χ2n) is 6.10. The molecule has 1 fully saturated rings. The van der Waals surface area contributed by atoms with E-state index in [0.29, 0.717) is 24.4 Å². The molecule has 7 heteroatoms.